The van der Waals surface area contributed by atoms with Crippen molar-refractivity contribution in [2.75, 3.05) is 60.6 Å². The first kappa shape index (κ1) is 26.4. The Morgan fingerprint density at radius 2 is 1.60 bits per heavy atom. The van der Waals surface area contributed by atoms with Gasteiger partial charge in [0.2, 0.25) is 11.7 Å². The molecule has 2 aromatic carbocycles. The third-order valence-electron chi connectivity index (χ3n) is 5.84. The monoisotopic (exact) mass is 501 g/mol. The number of carbonyl (C=O) groups is 2. The second-order valence-corrected chi connectivity index (χ2v) is 8.51. The lowest BCUT2D eigenvalue weighted by Crippen LogP contribution is -2.48. The average Bonchev–Trinajstić information content (AvgIpc) is 2.89. The lowest BCUT2D eigenvalue weighted by Gasteiger charge is -2.34. The van der Waals surface area contributed by atoms with E-state index < -0.39 is 0 Å². The van der Waals surface area contributed by atoms with Crippen LogP contribution >= 0.6 is 11.6 Å². The van der Waals surface area contributed by atoms with Gasteiger partial charge in [-0.05, 0) is 48.9 Å². The van der Waals surface area contributed by atoms with E-state index in [-0.39, 0.29) is 11.8 Å². The minimum atomic E-state index is -0.202. The zero-order valence-electron chi connectivity index (χ0n) is 20.4. The molecule has 1 aliphatic heterocycles. The number of methoxy groups -OCH3 is 3. The molecule has 2 aromatic rings. The maximum absolute atomic E-state index is 12.6. The molecule has 1 saturated heterocycles. The van der Waals surface area contributed by atoms with E-state index in [0.29, 0.717) is 47.5 Å². The molecule has 188 valence electrons. The van der Waals surface area contributed by atoms with E-state index in [1.54, 1.807) is 30.3 Å². The number of rotatable bonds is 10. The molecule has 3 rings (SSSR count). The van der Waals surface area contributed by atoms with Crippen molar-refractivity contribution in [3.63, 3.8) is 0 Å². The Morgan fingerprint density at radius 1 is 0.971 bits per heavy atom. The van der Waals surface area contributed by atoms with Crippen LogP contribution in [0.25, 0.3) is 6.08 Å². The lowest BCUT2D eigenvalue weighted by molar-refractivity contribution is -0.127. The number of nitrogens with zero attached hydrogens (tertiary/aromatic N) is 2. The fourth-order valence-electron chi connectivity index (χ4n) is 3.86. The molecule has 9 heteroatoms. The zero-order valence-corrected chi connectivity index (χ0v) is 21.1. The molecule has 0 aromatic heterocycles. The summed E-state index contributed by atoms with van der Waals surface area (Å²) in [7, 11) is 4.55. The largest absolute Gasteiger partial charge is 0.493 e. The van der Waals surface area contributed by atoms with Gasteiger partial charge in [-0.25, -0.2) is 0 Å². The topological polar surface area (TPSA) is 80.3 Å². The van der Waals surface area contributed by atoms with Gasteiger partial charge in [-0.3, -0.25) is 14.5 Å². The van der Waals surface area contributed by atoms with Gasteiger partial charge in [-0.2, -0.15) is 0 Å². The van der Waals surface area contributed by atoms with Crippen LogP contribution in [0, 0.1) is 0 Å². The molecule has 8 nitrogen and oxygen atoms in total. The molecule has 0 unspecified atom stereocenters. The average molecular weight is 502 g/mol. The van der Waals surface area contributed by atoms with Crippen LogP contribution in [-0.2, 0) is 4.79 Å². The summed E-state index contributed by atoms with van der Waals surface area (Å²) in [6, 6.07) is 10.6. The Balaban J connectivity index is 1.39. The molecule has 0 bridgehead atoms. The van der Waals surface area contributed by atoms with E-state index >= 15 is 0 Å². The van der Waals surface area contributed by atoms with Crippen molar-refractivity contribution >= 4 is 29.5 Å². The number of halogens is 1. The zero-order chi connectivity index (χ0) is 25.2. The standard InChI is InChI=1S/C26H32ClN3O5/c1-33-22-17-20(18-23(34-2)25(22)35-3)26(32)28-11-4-12-29-13-15-30(16-14-29)24(31)10-7-19-5-8-21(27)9-6-19/h5-10,17-18H,4,11-16H2,1-3H3,(H,28,32)/b10-7+. The maximum Gasteiger partial charge on any atom is 0.251 e. The summed E-state index contributed by atoms with van der Waals surface area (Å²) in [6.45, 7) is 4.36. The van der Waals surface area contributed by atoms with Crippen molar-refractivity contribution in [3.05, 3.63) is 58.6 Å². The van der Waals surface area contributed by atoms with Gasteiger partial charge in [0.25, 0.3) is 5.91 Å². The van der Waals surface area contributed by atoms with E-state index in [2.05, 4.69) is 10.2 Å². The van der Waals surface area contributed by atoms with Crippen molar-refractivity contribution < 1.29 is 23.8 Å². The highest BCUT2D eigenvalue weighted by atomic mass is 35.5. The number of amides is 2. The van der Waals surface area contributed by atoms with E-state index in [9.17, 15) is 9.59 Å². The Kier molecular flexibility index (Phi) is 9.81. The molecule has 1 fully saturated rings. The second-order valence-electron chi connectivity index (χ2n) is 8.08. The normalized spacial score (nSPS) is 14.1. The Hall–Kier alpha value is -3.23. The minimum absolute atomic E-state index is 0.0113. The first-order valence-electron chi connectivity index (χ1n) is 11.5. The molecule has 35 heavy (non-hydrogen) atoms. The third-order valence-corrected chi connectivity index (χ3v) is 6.09. The Labute approximate surface area is 211 Å². The van der Waals surface area contributed by atoms with Crippen LogP contribution in [0.4, 0.5) is 0 Å². The quantitative estimate of drug-likeness (QED) is 0.397. The van der Waals surface area contributed by atoms with Gasteiger partial charge < -0.3 is 24.4 Å². The van der Waals surface area contributed by atoms with Gasteiger partial charge in [0.1, 0.15) is 0 Å². The van der Waals surface area contributed by atoms with Crippen LogP contribution in [0.1, 0.15) is 22.3 Å². The van der Waals surface area contributed by atoms with Gasteiger partial charge >= 0.3 is 0 Å². The van der Waals surface area contributed by atoms with Crippen LogP contribution in [0.2, 0.25) is 5.02 Å². The summed E-state index contributed by atoms with van der Waals surface area (Å²) in [5.41, 5.74) is 1.38. The number of benzene rings is 2. The molecule has 0 atom stereocenters. The number of hydrogen-bond donors (Lipinski definition) is 1. The summed E-state index contributed by atoms with van der Waals surface area (Å²) in [6.07, 6.45) is 4.22. The summed E-state index contributed by atoms with van der Waals surface area (Å²) in [5, 5.41) is 3.61. The first-order chi connectivity index (χ1) is 16.9. The van der Waals surface area contributed by atoms with Gasteiger partial charge in [0.05, 0.1) is 21.3 Å². The molecule has 1 aliphatic rings. The van der Waals surface area contributed by atoms with Crippen molar-refractivity contribution in [1.29, 1.82) is 0 Å². The number of ether oxygens (including phenoxy) is 3. The highest BCUT2D eigenvalue weighted by Gasteiger charge is 2.20. The minimum Gasteiger partial charge on any atom is -0.493 e. The van der Waals surface area contributed by atoms with Gasteiger partial charge in [0.15, 0.2) is 11.5 Å². The fourth-order valence-corrected chi connectivity index (χ4v) is 3.98. The molecule has 0 spiro atoms. The summed E-state index contributed by atoms with van der Waals surface area (Å²) in [5.74, 6) is 1.13. The van der Waals surface area contributed by atoms with Crippen molar-refractivity contribution in [2.24, 2.45) is 0 Å². The van der Waals surface area contributed by atoms with Gasteiger partial charge in [-0.1, -0.05) is 23.7 Å². The number of carbonyl (C=O) groups excluding carboxylic acids is 2. The van der Waals surface area contributed by atoms with Gasteiger partial charge in [0, 0.05) is 49.4 Å². The fraction of sp³-hybridized carbons (Fsp3) is 0.385. The Bertz CT molecular complexity index is 1010. The Morgan fingerprint density at radius 3 is 2.17 bits per heavy atom. The van der Waals surface area contributed by atoms with Crippen LogP contribution in [-0.4, -0.2) is 82.2 Å². The van der Waals surface area contributed by atoms with E-state index in [1.807, 2.05) is 23.1 Å². The number of nitrogens with one attached hydrogen (secondary N) is 1. The highest BCUT2D eigenvalue weighted by molar-refractivity contribution is 6.30. The van der Waals surface area contributed by atoms with Crippen LogP contribution in [0.5, 0.6) is 17.2 Å². The van der Waals surface area contributed by atoms with Crippen molar-refractivity contribution in [3.8, 4) is 17.2 Å². The molecule has 0 aliphatic carbocycles. The predicted molar refractivity (Wildman–Crippen MR) is 137 cm³/mol. The molecular weight excluding hydrogens is 470 g/mol. The van der Waals surface area contributed by atoms with Crippen molar-refractivity contribution in [1.82, 2.24) is 15.1 Å². The van der Waals surface area contributed by atoms with E-state index in [4.69, 9.17) is 25.8 Å². The van der Waals surface area contributed by atoms with Crippen LogP contribution in [0.3, 0.4) is 0 Å². The molecule has 0 radical (unpaired) electrons. The second kappa shape index (κ2) is 13.0. The SMILES string of the molecule is COc1cc(C(=O)NCCCN2CCN(C(=O)/C=C/c3ccc(Cl)cc3)CC2)cc(OC)c1OC. The predicted octanol–water partition coefficient (Wildman–Crippen LogP) is 3.34. The number of hydrogen-bond acceptors (Lipinski definition) is 6. The number of piperazine rings is 1. The maximum atomic E-state index is 12.6. The van der Waals surface area contributed by atoms with E-state index in [0.717, 1.165) is 31.6 Å². The van der Waals surface area contributed by atoms with Crippen molar-refractivity contribution in [2.45, 2.75) is 6.42 Å². The summed E-state index contributed by atoms with van der Waals surface area (Å²) >= 11 is 5.89. The highest BCUT2D eigenvalue weighted by Crippen LogP contribution is 2.38. The van der Waals surface area contributed by atoms with Gasteiger partial charge in [-0.15, -0.1) is 0 Å². The van der Waals surface area contributed by atoms with Crippen LogP contribution in [0.15, 0.2) is 42.5 Å². The first-order valence-corrected chi connectivity index (χ1v) is 11.9. The molecule has 1 heterocycles. The van der Waals surface area contributed by atoms with E-state index in [1.165, 1.54) is 21.3 Å². The lowest BCUT2D eigenvalue weighted by atomic mass is 10.1. The molecular formula is C26H32ClN3O5. The summed E-state index contributed by atoms with van der Waals surface area (Å²) in [4.78, 5) is 29.2. The van der Waals surface area contributed by atoms with Crippen LogP contribution < -0.4 is 19.5 Å². The smallest absolute Gasteiger partial charge is 0.251 e. The summed E-state index contributed by atoms with van der Waals surface area (Å²) < 4.78 is 15.9. The third kappa shape index (κ3) is 7.37. The molecule has 0 saturated carbocycles. The molecule has 2 amide bonds. The molecule has 1 N–H and O–H groups in total.